The molecule has 0 radical (unpaired) electrons. The number of rotatable bonds is 2. The summed E-state index contributed by atoms with van der Waals surface area (Å²) in [7, 11) is 1.60. The zero-order chi connectivity index (χ0) is 14.1. The molecule has 5 heteroatoms. The minimum absolute atomic E-state index is 0.183. The molecule has 1 heterocycles. The number of benzene rings is 2. The van der Waals surface area contributed by atoms with Crippen LogP contribution in [0.15, 0.2) is 47.3 Å². The Labute approximate surface area is 120 Å². The number of fused-ring (bicyclic) bond motifs is 1. The summed E-state index contributed by atoms with van der Waals surface area (Å²) < 4.78 is 5.10. The number of halogens is 1. The molecule has 4 nitrogen and oxygen atoms in total. The van der Waals surface area contributed by atoms with E-state index in [1.807, 2.05) is 24.3 Å². The number of aromatic amines is 1. The van der Waals surface area contributed by atoms with Crippen molar-refractivity contribution in [3.63, 3.8) is 0 Å². The van der Waals surface area contributed by atoms with Gasteiger partial charge in [-0.15, -0.1) is 0 Å². The first-order chi connectivity index (χ1) is 9.67. The molecule has 0 atom stereocenters. The van der Waals surface area contributed by atoms with Crippen LogP contribution in [0.2, 0.25) is 5.02 Å². The number of nitrogens with zero attached hydrogens (tertiary/aromatic N) is 1. The third-order valence-corrected chi connectivity index (χ3v) is 3.27. The normalized spacial score (nSPS) is 10.7. The van der Waals surface area contributed by atoms with Gasteiger partial charge in [-0.3, -0.25) is 4.79 Å². The summed E-state index contributed by atoms with van der Waals surface area (Å²) in [6.07, 6.45) is 0. The molecule has 0 fully saturated rings. The third kappa shape index (κ3) is 2.26. The van der Waals surface area contributed by atoms with Gasteiger partial charge in [0.2, 0.25) is 0 Å². The quantitative estimate of drug-likeness (QED) is 0.787. The summed E-state index contributed by atoms with van der Waals surface area (Å²) >= 11 is 5.94. The summed E-state index contributed by atoms with van der Waals surface area (Å²) in [5.74, 6) is 1.26. The molecule has 0 aliphatic carbocycles. The Morgan fingerprint density at radius 1 is 1.15 bits per heavy atom. The van der Waals surface area contributed by atoms with E-state index >= 15 is 0 Å². The van der Waals surface area contributed by atoms with Gasteiger partial charge in [0.25, 0.3) is 5.56 Å². The Bertz CT molecular complexity index is 825. The van der Waals surface area contributed by atoms with E-state index in [0.717, 1.165) is 11.3 Å². The van der Waals surface area contributed by atoms with Crippen LogP contribution in [0, 0.1) is 0 Å². The van der Waals surface area contributed by atoms with E-state index in [1.54, 1.807) is 25.3 Å². The van der Waals surface area contributed by atoms with E-state index in [9.17, 15) is 4.79 Å². The van der Waals surface area contributed by atoms with Gasteiger partial charge in [0.05, 0.1) is 18.0 Å². The van der Waals surface area contributed by atoms with Gasteiger partial charge < -0.3 is 9.72 Å². The van der Waals surface area contributed by atoms with Crippen LogP contribution in [0.1, 0.15) is 0 Å². The molecule has 20 heavy (non-hydrogen) atoms. The SMILES string of the molecule is COc1ccc(-c2nc3cc(Cl)ccc3c(=O)[nH]2)cc1. The van der Waals surface area contributed by atoms with Gasteiger partial charge in [0, 0.05) is 10.6 Å². The fourth-order valence-corrected chi connectivity index (χ4v) is 2.16. The topological polar surface area (TPSA) is 55.0 Å². The van der Waals surface area contributed by atoms with Gasteiger partial charge in [-0.1, -0.05) is 11.6 Å². The van der Waals surface area contributed by atoms with Crippen LogP contribution >= 0.6 is 11.6 Å². The molecule has 0 amide bonds. The fourth-order valence-electron chi connectivity index (χ4n) is 2.00. The smallest absolute Gasteiger partial charge is 0.259 e. The predicted octanol–water partition coefficient (Wildman–Crippen LogP) is 3.25. The Morgan fingerprint density at radius 3 is 2.60 bits per heavy atom. The number of hydrogen-bond donors (Lipinski definition) is 1. The van der Waals surface area contributed by atoms with Crippen molar-refractivity contribution >= 4 is 22.5 Å². The number of ether oxygens (including phenoxy) is 1. The highest BCUT2D eigenvalue weighted by molar-refractivity contribution is 6.31. The summed E-state index contributed by atoms with van der Waals surface area (Å²) in [5, 5.41) is 1.07. The van der Waals surface area contributed by atoms with Crippen molar-refractivity contribution in [3.05, 3.63) is 57.8 Å². The fraction of sp³-hybridized carbons (Fsp3) is 0.0667. The van der Waals surface area contributed by atoms with E-state index in [1.165, 1.54) is 0 Å². The van der Waals surface area contributed by atoms with Gasteiger partial charge in [0.15, 0.2) is 0 Å². The van der Waals surface area contributed by atoms with E-state index in [4.69, 9.17) is 16.3 Å². The Morgan fingerprint density at radius 2 is 1.90 bits per heavy atom. The first-order valence-electron chi connectivity index (χ1n) is 6.01. The molecule has 0 saturated heterocycles. The van der Waals surface area contributed by atoms with Gasteiger partial charge in [0.1, 0.15) is 11.6 Å². The highest BCUT2D eigenvalue weighted by Gasteiger charge is 2.06. The van der Waals surface area contributed by atoms with Gasteiger partial charge in [-0.05, 0) is 42.5 Å². The molecule has 0 aliphatic heterocycles. The van der Waals surface area contributed by atoms with Crippen molar-refractivity contribution < 1.29 is 4.74 Å². The zero-order valence-corrected chi connectivity index (χ0v) is 11.4. The maximum atomic E-state index is 12.0. The number of nitrogens with one attached hydrogen (secondary N) is 1. The minimum Gasteiger partial charge on any atom is -0.497 e. The van der Waals surface area contributed by atoms with Crippen LogP contribution in [-0.2, 0) is 0 Å². The van der Waals surface area contributed by atoms with Crippen LogP contribution in [0.3, 0.4) is 0 Å². The Kier molecular flexibility index (Phi) is 3.16. The molecule has 1 N–H and O–H groups in total. The minimum atomic E-state index is -0.183. The van der Waals surface area contributed by atoms with Gasteiger partial charge in [-0.25, -0.2) is 4.98 Å². The summed E-state index contributed by atoms with van der Waals surface area (Å²) in [6, 6.07) is 12.3. The standard InChI is InChI=1S/C15H11ClN2O2/c1-20-11-5-2-9(3-6-11)14-17-13-8-10(16)4-7-12(13)15(19)18-14/h2-8H,1H3,(H,17,18,19). The van der Waals surface area contributed by atoms with E-state index in [-0.39, 0.29) is 5.56 Å². The lowest BCUT2D eigenvalue weighted by Crippen LogP contribution is -2.09. The number of hydrogen-bond acceptors (Lipinski definition) is 3. The first kappa shape index (κ1) is 12.7. The second-order valence-electron chi connectivity index (χ2n) is 4.30. The van der Waals surface area contributed by atoms with Gasteiger partial charge in [-0.2, -0.15) is 0 Å². The number of H-pyrrole nitrogens is 1. The molecule has 1 aromatic heterocycles. The van der Waals surface area contributed by atoms with Gasteiger partial charge >= 0.3 is 0 Å². The first-order valence-corrected chi connectivity index (χ1v) is 6.39. The molecule has 3 aromatic rings. The molecular formula is C15H11ClN2O2. The van der Waals surface area contributed by atoms with Crippen LogP contribution in [0.5, 0.6) is 5.75 Å². The molecule has 0 saturated carbocycles. The molecule has 0 aliphatic rings. The Balaban J connectivity index is 2.18. The van der Waals surface area contributed by atoms with E-state index in [2.05, 4.69) is 9.97 Å². The zero-order valence-electron chi connectivity index (χ0n) is 10.7. The molecule has 2 aromatic carbocycles. The van der Waals surface area contributed by atoms with E-state index < -0.39 is 0 Å². The summed E-state index contributed by atoms with van der Waals surface area (Å²) in [4.78, 5) is 19.3. The predicted molar refractivity (Wildman–Crippen MR) is 79.4 cm³/mol. The van der Waals surface area contributed by atoms with Crippen LogP contribution in [-0.4, -0.2) is 17.1 Å². The van der Waals surface area contributed by atoms with Crippen molar-refractivity contribution in [1.82, 2.24) is 9.97 Å². The van der Waals surface area contributed by atoms with Crippen molar-refractivity contribution in [2.24, 2.45) is 0 Å². The largest absolute Gasteiger partial charge is 0.497 e. The lowest BCUT2D eigenvalue weighted by Gasteiger charge is -2.05. The highest BCUT2D eigenvalue weighted by atomic mass is 35.5. The molecular weight excluding hydrogens is 276 g/mol. The van der Waals surface area contributed by atoms with Crippen molar-refractivity contribution in [3.8, 4) is 17.1 Å². The maximum Gasteiger partial charge on any atom is 0.259 e. The summed E-state index contributed by atoms with van der Waals surface area (Å²) in [6.45, 7) is 0. The monoisotopic (exact) mass is 286 g/mol. The van der Waals surface area contributed by atoms with Crippen molar-refractivity contribution in [1.29, 1.82) is 0 Å². The molecule has 0 unspecified atom stereocenters. The average molecular weight is 287 g/mol. The lowest BCUT2D eigenvalue weighted by molar-refractivity contribution is 0.415. The van der Waals surface area contributed by atoms with Crippen molar-refractivity contribution in [2.45, 2.75) is 0 Å². The molecule has 3 rings (SSSR count). The highest BCUT2D eigenvalue weighted by Crippen LogP contribution is 2.21. The number of methoxy groups -OCH3 is 1. The lowest BCUT2D eigenvalue weighted by atomic mass is 10.2. The van der Waals surface area contributed by atoms with Crippen molar-refractivity contribution in [2.75, 3.05) is 7.11 Å². The molecule has 0 spiro atoms. The third-order valence-electron chi connectivity index (χ3n) is 3.03. The average Bonchev–Trinajstić information content (AvgIpc) is 2.46. The second kappa shape index (κ2) is 4.98. The molecule has 0 bridgehead atoms. The number of aromatic nitrogens is 2. The van der Waals surface area contributed by atoms with Crippen LogP contribution < -0.4 is 10.3 Å². The summed E-state index contributed by atoms with van der Waals surface area (Å²) in [5.41, 5.74) is 1.20. The van der Waals surface area contributed by atoms with Crippen LogP contribution in [0.4, 0.5) is 0 Å². The maximum absolute atomic E-state index is 12.0. The van der Waals surface area contributed by atoms with Crippen LogP contribution in [0.25, 0.3) is 22.3 Å². The molecule has 100 valence electrons. The Hall–Kier alpha value is -2.33. The van der Waals surface area contributed by atoms with E-state index in [0.29, 0.717) is 21.7 Å². The second-order valence-corrected chi connectivity index (χ2v) is 4.74.